The Morgan fingerprint density at radius 3 is 2.29 bits per heavy atom. The average molecular weight is 198 g/mol. The highest BCUT2D eigenvalue weighted by atomic mass is 16.4. The molecule has 4 nitrogen and oxygen atoms in total. The summed E-state index contributed by atoms with van der Waals surface area (Å²) in [5.74, 6) is -2.92. The van der Waals surface area contributed by atoms with Crippen LogP contribution >= 0.6 is 0 Å². The summed E-state index contributed by atoms with van der Waals surface area (Å²) in [5.41, 5.74) is -1.68. The van der Waals surface area contributed by atoms with Crippen molar-refractivity contribution in [2.24, 2.45) is 11.3 Å². The number of allylic oxidation sites excluding steroid dienone is 2. The molecule has 0 bridgehead atoms. The predicted octanol–water partition coefficient (Wildman–Crippen LogP) is 1.52. The molecule has 1 aliphatic carbocycles. The van der Waals surface area contributed by atoms with Gasteiger partial charge in [0.05, 0.1) is 0 Å². The third-order valence-corrected chi connectivity index (χ3v) is 2.88. The van der Waals surface area contributed by atoms with Crippen molar-refractivity contribution in [3.8, 4) is 0 Å². The number of carboxylic acid groups (broad SMARTS) is 2. The number of rotatable bonds is 3. The molecule has 0 aromatic carbocycles. The first-order valence-corrected chi connectivity index (χ1v) is 4.63. The summed E-state index contributed by atoms with van der Waals surface area (Å²) >= 11 is 0. The van der Waals surface area contributed by atoms with E-state index >= 15 is 0 Å². The Balaban J connectivity index is 2.98. The van der Waals surface area contributed by atoms with Crippen molar-refractivity contribution in [3.05, 3.63) is 12.2 Å². The molecule has 14 heavy (non-hydrogen) atoms. The van der Waals surface area contributed by atoms with Crippen molar-refractivity contribution >= 4 is 11.9 Å². The van der Waals surface area contributed by atoms with Crippen LogP contribution in [0.3, 0.4) is 0 Å². The molecule has 0 aromatic heterocycles. The summed E-state index contributed by atoms with van der Waals surface area (Å²) < 4.78 is 0. The molecule has 0 fully saturated rings. The van der Waals surface area contributed by atoms with E-state index in [2.05, 4.69) is 0 Å². The van der Waals surface area contributed by atoms with Gasteiger partial charge in [-0.25, -0.2) is 0 Å². The van der Waals surface area contributed by atoms with Crippen LogP contribution in [0, 0.1) is 11.3 Å². The minimum Gasteiger partial charge on any atom is -0.480 e. The molecule has 0 spiro atoms. The van der Waals surface area contributed by atoms with Gasteiger partial charge in [-0.05, 0) is 26.2 Å². The monoisotopic (exact) mass is 198 g/mol. The molecule has 0 heterocycles. The van der Waals surface area contributed by atoms with E-state index in [1.54, 1.807) is 6.08 Å². The first-order chi connectivity index (χ1) is 6.49. The lowest BCUT2D eigenvalue weighted by Gasteiger charge is -2.29. The standard InChI is InChI=1S/C10H14O4/c1-10(8(11)12,9(13)14)7-5-3-2-4-6-7/h3,5,7H,2,4,6H2,1H3,(H,11,12)(H,13,14)/t7-/m0/s1. The lowest BCUT2D eigenvalue weighted by molar-refractivity contribution is -0.166. The van der Waals surface area contributed by atoms with Gasteiger partial charge in [-0.3, -0.25) is 9.59 Å². The minimum absolute atomic E-state index is 0.397. The Morgan fingerprint density at radius 1 is 1.36 bits per heavy atom. The number of carbonyl (C=O) groups is 2. The largest absolute Gasteiger partial charge is 0.480 e. The highest BCUT2D eigenvalue weighted by molar-refractivity contribution is 5.98. The molecule has 0 amide bonds. The number of aliphatic carboxylic acids is 2. The number of hydrogen-bond acceptors (Lipinski definition) is 2. The Kier molecular flexibility index (Phi) is 2.93. The molecular formula is C10H14O4. The van der Waals surface area contributed by atoms with Gasteiger partial charge in [0, 0.05) is 5.92 Å². The zero-order valence-electron chi connectivity index (χ0n) is 8.06. The molecule has 0 aromatic rings. The average Bonchev–Trinajstić information content (AvgIpc) is 2.17. The van der Waals surface area contributed by atoms with E-state index in [0.717, 1.165) is 12.8 Å². The highest BCUT2D eigenvalue weighted by Crippen LogP contribution is 2.35. The quantitative estimate of drug-likeness (QED) is 0.532. The Morgan fingerprint density at radius 2 is 1.93 bits per heavy atom. The summed E-state index contributed by atoms with van der Waals surface area (Å²) in [5, 5.41) is 17.9. The van der Waals surface area contributed by atoms with E-state index in [1.807, 2.05) is 6.08 Å². The van der Waals surface area contributed by atoms with Crippen LogP contribution < -0.4 is 0 Å². The van der Waals surface area contributed by atoms with Crippen molar-refractivity contribution in [2.75, 3.05) is 0 Å². The van der Waals surface area contributed by atoms with Crippen LogP contribution in [0.15, 0.2) is 12.2 Å². The molecule has 1 atom stereocenters. The lowest BCUT2D eigenvalue weighted by atomic mass is 9.73. The fourth-order valence-electron chi connectivity index (χ4n) is 1.70. The highest BCUT2D eigenvalue weighted by Gasteiger charge is 2.47. The third-order valence-electron chi connectivity index (χ3n) is 2.88. The van der Waals surface area contributed by atoms with E-state index < -0.39 is 23.3 Å². The first-order valence-electron chi connectivity index (χ1n) is 4.63. The van der Waals surface area contributed by atoms with E-state index in [0.29, 0.717) is 6.42 Å². The summed E-state index contributed by atoms with van der Waals surface area (Å²) in [6, 6.07) is 0. The Hall–Kier alpha value is -1.32. The van der Waals surface area contributed by atoms with Crippen LogP contribution in [0.4, 0.5) is 0 Å². The Bertz CT molecular complexity index is 266. The number of hydrogen-bond donors (Lipinski definition) is 2. The van der Waals surface area contributed by atoms with E-state index in [9.17, 15) is 9.59 Å². The number of carboxylic acids is 2. The van der Waals surface area contributed by atoms with Gasteiger partial charge in [0.25, 0.3) is 0 Å². The molecule has 4 heteroatoms. The lowest BCUT2D eigenvalue weighted by Crippen LogP contribution is -2.42. The van der Waals surface area contributed by atoms with Crippen LogP contribution in [0.5, 0.6) is 0 Å². The maximum Gasteiger partial charge on any atom is 0.321 e. The maximum absolute atomic E-state index is 10.9. The smallest absolute Gasteiger partial charge is 0.321 e. The second-order valence-corrected chi connectivity index (χ2v) is 3.78. The fraction of sp³-hybridized carbons (Fsp3) is 0.600. The molecular weight excluding hydrogens is 184 g/mol. The van der Waals surface area contributed by atoms with Gasteiger partial charge in [0.15, 0.2) is 5.41 Å². The minimum atomic E-state index is -1.68. The Labute approximate surface area is 82.2 Å². The third kappa shape index (κ3) is 1.64. The van der Waals surface area contributed by atoms with Crippen molar-refractivity contribution in [1.29, 1.82) is 0 Å². The van der Waals surface area contributed by atoms with E-state index in [4.69, 9.17) is 10.2 Å². The van der Waals surface area contributed by atoms with E-state index in [-0.39, 0.29) is 0 Å². The first kappa shape index (κ1) is 10.8. The molecule has 78 valence electrons. The van der Waals surface area contributed by atoms with Gasteiger partial charge < -0.3 is 10.2 Å². The van der Waals surface area contributed by atoms with Crippen LogP contribution in [0.1, 0.15) is 26.2 Å². The second-order valence-electron chi connectivity index (χ2n) is 3.78. The van der Waals surface area contributed by atoms with Gasteiger partial charge in [0.1, 0.15) is 0 Å². The molecule has 0 aliphatic heterocycles. The topological polar surface area (TPSA) is 74.6 Å². The van der Waals surface area contributed by atoms with Crippen molar-refractivity contribution in [1.82, 2.24) is 0 Å². The van der Waals surface area contributed by atoms with Gasteiger partial charge in [-0.1, -0.05) is 12.2 Å². The normalized spacial score (nSPS) is 21.9. The summed E-state index contributed by atoms with van der Waals surface area (Å²) in [4.78, 5) is 21.9. The zero-order chi connectivity index (χ0) is 10.8. The molecule has 1 rings (SSSR count). The van der Waals surface area contributed by atoms with Crippen LogP contribution in [0.2, 0.25) is 0 Å². The van der Waals surface area contributed by atoms with Crippen molar-refractivity contribution in [3.63, 3.8) is 0 Å². The summed E-state index contributed by atoms with van der Waals surface area (Å²) in [6.45, 7) is 1.28. The molecule has 0 saturated heterocycles. The van der Waals surface area contributed by atoms with Crippen LogP contribution in [-0.2, 0) is 9.59 Å². The molecule has 0 saturated carbocycles. The van der Waals surface area contributed by atoms with E-state index in [1.165, 1.54) is 6.92 Å². The van der Waals surface area contributed by atoms with Gasteiger partial charge in [0.2, 0.25) is 0 Å². The molecule has 2 N–H and O–H groups in total. The van der Waals surface area contributed by atoms with Gasteiger partial charge >= 0.3 is 11.9 Å². The SMILES string of the molecule is CC(C(=O)O)(C(=O)O)[C@H]1C=CCCC1. The predicted molar refractivity (Wildman–Crippen MR) is 49.9 cm³/mol. The zero-order valence-corrected chi connectivity index (χ0v) is 8.06. The maximum atomic E-state index is 10.9. The fourth-order valence-corrected chi connectivity index (χ4v) is 1.70. The van der Waals surface area contributed by atoms with Gasteiger partial charge in [-0.2, -0.15) is 0 Å². The summed E-state index contributed by atoms with van der Waals surface area (Å²) in [6.07, 6.45) is 5.97. The molecule has 0 unspecified atom stereocenters. The van der Waals surface area contributed by atoms with Crippen LogP contribution in [-0.4, -0.2) is 22.2 Å². The van der Waals surface area contributed by atoms with Crippen molar-refractivity contribution in [2.45, 2.75) is 26.2 Å². The molecule has 1 aliphatic rings. The summed E-state index contributed by atoms with van der Waals surface area (Å²) in [7, 11) is 0. The molecule has 0 radical (unpaired) electrons. The second kappa shape index (κ2) is 3.82. The van der Waals surface area contributed by atoms with Crippen LogP contribution in [0.25, 0.3) is 0 Å². The van der Waals surface area contributed by atoms with Crippen molar-refractivity contribution < 1.29 is 19.8 Å². The van der Waals surface area contributed by atoms with Gasteiger partial charge in [-0.15, -0.1) is 0 Å².